The average molecular weight is 359 g/mol. The zero-order valence-electron chi connectivity index (χ0n) is 14.1. The van der Waals surface area contributed by atoms with Crippen LogP contribution in [-0.4, -0.2) is 13.5 Å². The average Bonchev–Trinajstić information content (AvgIpc) is 2.53. The lowest BCUT2D eigenvalue weighted by molar-refractivity contribution is 0.446. The van der Waals surface area contributed by atoms with Crippen molar-refractivity contribution in [2.75, 3.05) is 0 Å². The molecule has 0 saturated carbocycles. The van der Waals surface area contributed by atoms with Gasteiger partial charge in [0.1, 0.15) is 22.5 Å². The van der Waals surface area contributed by atoms with Gasteiger partial charge in [0, 0.05) is 0 Å². The molecule has 4 nitrogen and oxygen atoms in total. The van der Waals surface area contributed by atoms with Crippen molar-refractivity contribution in [2.45, 2.75) is 31.1 Å². The fourth-order valence-corrected chi connectivity index (χ4v) is 3.47. The third-order valence-corrected chi connectivity index (χ3v) is 5.33. The Morgan fingerprint density at radius 1 is 1.16 bits per heavy atom. The van der Waals surface area contributed by atoms with Crippen molar-refractivity contribution < 1.29 is 17.9 Å². The minimum Gasteiger partial charge on any atom is -0.508 e. The van der Waals surface area contributed by atoms with Crippen LogP contribution in [-0.2, 0) is 15.3 Å². The summed E-state index contributed by atoms with van der Waals surface area (Å²) in [5.74, 6) is -0.459. The highest BCUT2D eigenvalue weighted by atomic mass is 32.2. The molecule has 2 aromatic carbocycles. The molecule has 0 aliphatic heterocycles. The molecule has 0 radical (unpaired) electrons. The number of halogens is 1. The number of aromatic hydroxyl groups is 1. The van der Waals surface area contributed by atoms with Crippen molar-refractivity contribution in [3.8, 4) is 11.8 Å². The lowest BCUT2D eigenvalue weighted by Crippen LogP contribution is -2.11. The van der Waals surface area contributed by atoms with Gasteiger partial charge in [-0.15, -0.1) is 0 Å². The van der Waals surface area contributed by atoms with Crippen molar-refractivity contribution in [2.24, 2.45) is 0 Å². The lowest BCUT2D eigenvalue weighted by atomic mass is 9.85. The second kappa shape index (κ2) is 6.69. The normalized spacial score (nSPS) is 12.7. The van der Waals surface area contributed by atoms with Crippen molar-refractivity contribution in [3.05, 3.63) is 64.3 Å². The Balaban J connectivity index is 2.55. The number of phenols is 1. The molecule has 0 aliphatic rings. The maximum atomic E-state index is 13.0. The third-order valence-electron chi connectivity index (χ3n) is 3.65. The number of rotatable bonds is 3. The highest BCUT2D eigenvalue weighted by Crippen LogP contribution is 2.32. The van der Waals surface area contributed by atoms with Crippen molar-refractivity contribution in [3.63, 3.8) is 0 Å². The SMILES string of the molecule is CC(C)(C)c1cc(/C=C(\C#N)S(=O)(=O)c2ccc(F)cc2)ccc1O. The van der Waals surface area contributed by atoms with E-state index >= 15 is 0 Å². The van der Waals surface area contributed by atoms with E-state index < -0.39 is 20.6 Å². The van der Waals surface area contributed by atoms with Crippen molar-refractivity contribution >= 4 is 15.9 Å². The molecule has 0 unspecified atom stereocenters. The van der Waals surface area contributed by atoms with E-state index in [4.69, 9.17) is 0 Å². The molecule has 1 N–H and O–H groups in total. The first-order valence-corrected chi connectivity index (χ1v) is 9.00. The van der Waals surface area contributed by atoms with Gasteiger partial charge in [-0.3, -0.25) is 0 Å². The molecular formula is C19H18FNO3S. The standard InChI is InChI=1S/C19H18FNO3S/c1-19(2,3)17-11-13(4-9-18(17)22)10-16(12-21)25(23,24)15-7-5-14(20)6-8-15/h4-11,22H,1-3H3/b16-10+. The molecule has 2 aromatic rings. The van der Waals surface area contributed by atoms with Crippen molar-refractivity contribution in [1.82, 2.24) is 0 Å². The number of allylic oxidation sites excluding steroid dienone is 1. The summed E-state index contributed by atoms with van der Waals surface area (Å²) in [7, 11) is -4.05. The van der Waals surface area contributed by atoms with Crippen LogP contribution in [0.1, 0.15) is 31.9 Å². The monoisotopic (exact) mass is 359 g/mol. The van der Waals surface area contributed by atoms with E-state index in [1.807, 2.05) is 20.8 Å². The molecule has 0 atom stereocenters. The zero-order chi connectivity index (χ0) is 18.8. The van der Waals surface area contributed by atoms with Crippen LogP contribution >= 0.6 is 0 Å². The molecule has 6 heteroatoms. The second-order valence-electron chi connectivity index (χ2n) is 6.60. The molecule has 25 heavy (non-hydrogen) atoms. The van der Waals surface area contributed by atoms with Crippen LogP contribution in [0, 0.1) is 17.1 Å². The molecule has 130 valence electrons. The summed E-state index contributed by atoms with van der Waals surface area (Å²) in [6.07, 6.45) is 1.24. The Hall–Kier alpha value is -2.65. The molecule has 0 saturated heterocycles. The number of hydrogen-bond donors (Lipinski definition) is 1. The quantitative estimate of drug-likeness (QED) is 0.659. The molecule has 0 bridgehead atoms. The third kappa shape index (κ3) is 4.06. The van der Waals surface area contributed by atoms with Crippen molar-refractivity contribution in [1.29, 1.82) is 5.26 Å². The van der Waals surface area contributed by atoms with Gasteiger partial charge in [0.2, 0.25) is 9.84 Å². The van der Waals surface area contributed by atoms with E-state index in [0.29, 0.717) is 11.1 Å². The van der Waals surface area contributed by atoms with Crippen LogP contribution < -0.4 is 0 Å². The number of sulfone groups is 1. The summed E-state index contributed by atoms with van der Waals surface area (Å²) in [5, 5.41) is 19.3. The Morgan fingerprint density at radius 2 is 1.76 bits per heavy atom. The van der Waals surface area contributed by atoms with E-state index in [1.54, 1.807) is 12.1 Å². The Labute approximate surface area is 146 Å². The van der Waals surface area contributed by atoms with Gasteiger partial charge in [-0.25, -0.2) is 12.8 Å². The van der Waals surface area contributed by atoms with E-state index in [1.165, 1.54) is 18.2 Å². The van der Waals surface area contributed by atoms with E-state index in [-0.39, 0.29) is 16.1 Å². The minimum absolute atomic E-state index is 0.101. The van der Waals surface area contributed by atoms with Crippen LogP contribution in [0.5, 0.6) is 5.75 Å². The summed E-state index contributed by atoms with van der Waals surface area (Å²) >= 11 is 0. The predicted octanol–water partition coefficient (Wildman–Crippen LogP) is 4.17. The maximum Gasteiger partial charge on any atom is 0.216 e. The first-order valence-electron chi connectivity index (χ1n) is 7.51. The maximum absolute atomic E-state index is 13.0. The number of phenolic OH excluding ortho intramolecular Hbond substituents is 1. The largest absolute Gasteiger partial charge is 0.508 e. The fourth-order valence-electron chi connectivity index (χ4n) is 2.31. The van der Waals surface area contributed by atoms with Crippen LogP contribution in [0.25, 0.3) is 6.08 Å². The molecule has 0 fully saturated rings. The van der Waals surface area contributed by atoms with Crippen LogP contribution in [0.4, 0.5) is 4.39 Å². The Bertz CT molecular complexity index is 963. The lowest BCUT2D eigenvalue weighted by Gasteiger charge is -2.20. The first-order chi connectivity index (χ1) is 11.6. The zero-order valence-corrected chi connectivity index (χ0v) is 14.9. The van der Waals surface area contributed by atoms with Gasteiger partial charge in [-0.1, -0.05) is 26.8 Å². The van der Waals surface area contributed by atoms with E-state index in [0.717, 1.165) is 24.3 Å². The van der Waals surface area contributed by atoms with Gasteiger partial charge in [0.15, 0.2) is 0 Å². The highest BCUT2D eigenvalue weighted by molar-refractivity contribution is 7.95. The summed E-state index contributed by atoms with van der Waals surface area (Å²) in [6, 6.07) is 10.6. The fraction of sp³-hybridized carbons (Fsp3) is 0.211. The number of nitrogens with zero attached hydrogens (tertiary/aromatic N) is 1. The number of benzene rings is 2. The van der Waals surface area contributed by atoms with Gasteiger partial charge in [0.25, 0.3) is 0 Å². The number of nitriles is 1. The predicted molar refractivity (Wildman–Crippen MR) is 94.0 cm³/mol. The Morgan fingerprint density at radius 3 is 2.28 bits per heavy atom. The van der Waals surface area contributed by atoms with E-state index in [2.05, 4.69) is 0 Å². The van der Waals surface area contributed by atoms with Crippen LogP contribution in [0.2, 0.25) is 0 Å². The topological polar surface area (TPSA) is 78.2 Å². The molecule has 0 spiro atoms. The van der Waals surface area contributed by atoms with Gasteiger partial charge in [0.05, 0.1) is 4.90 Å². The highest BCUT2D eigenvalue weighted by Gasteiger charge is 2.22. The Kier molecular flexibility index (Phi) is 5.00. The molecule has 0 aliphatic carbocycles. The second-order valence-corrected chi connectivity index (χ2v) is 8.52. The van der Waals surface area contributed by atoms with Gasteiger partial charge in [-0.05, 0) is 59.0 Å². The molecule has 0 heterocycles. The van der Waals surface area contributed by atoms with Crippen LogP contribution in [0.15, 0.2) is 52.3 Å². The summed E-state index contributed by atoms with van der Waals surface area (Å²) in [4.78, 5) is -0.610. The molecular weight excluding hydrogens is 341 g/mol. The molecule has 2 rings (SSSR count). The number of hydrogen-bond acceptors (Lipinski definition) is 4. The summed E-state index contributed by atoms with van der Waals surface area (Å²) in [5.41, 5.74) is 0.763. The van der Waals surface area contributed by atoms with Crippen LogP contribution in [0.3, 0.4) is 0 Å². The smallest absolute Gasteiger partial charge is 0.216 e. The van der Waals surface area contributed by atoms with Gasteiger partial charge >= 0.3 is 0 Å². The first kappa shape index (κ1) is 18.7. The summed E-state index contributed by atoms with van der Waals surface area (Å²) in [6.45, 7) is 5.74. The molecule has 0 aromatic heterocycles. The van der Waals surface area contributed by atoms with E-state index in [9.17, 15) is 23.2 Å². The molecule has 0 amide bonds. The van der Waals surface area contributed by atoms with Gasteiger partial charge in [-0.2, -0.15) is 5.26 Å². The minimum atomic E-state index is -4.05. The summed E-state index contributed by atoms with van der Waals surface area (Å²) < 4.78 is 38.1. The van der Waals surface area contributed by atoms with Gasteiger partial charge < -0.3 is 5.11 Å².